The van der Waals surface area contributed by atoms with Crippen molar-refractivity contribution in [2.75, 3.05) is 0 Å². The maximum atomic E-state index is 6.60. The molecule has 5 aromatic carbocycles. The first-order valence-electron chi connectivity index (χ1n) is 12.8. The summed E-state index contributed by atoms with van der Waals surface area (Å²) < 4.78 is 0. The first kappa shape index (κ1) is 21.5. The Balaban J connectivity index is 1.47. The Bertz CT molecular complexity index is 1850. The fourth-order valence-corrected chi connectivity index (χ4v) is 6.81. The van der Waals surface area contributed by atoms with Gasteiger partial charge < -0.3 is 0 Å². The topological polar surface area (TPSA) is 25.8 Å². The molecule has 0 saturated carbocycles. The van der Waals surface area contributed by atoms with Gasteiger partial charge in [-0.3, -0.25) is 0 Å². The molecule has 178 valence electrons. The summed E-state index contributed by atoms with van der Waals surface area (Å²) in [7, 11) is 0. The highest BCUT2D eigenvalue weighted by molar-refractivity contribution is 6.29. The molecule has 0 saturated heterocycles. The molecule has 0 fully saturated rings. The van der Waals surface area contributed by atoms with Gasteiger partial charge in [-0.1, -0.05) is 133 Å². The standard InChI is InChI=1S/C35H21ClN2/c36-32-21-31(37-34(38-32)22-11-2-1-3-12-22)26-16-10-20-30-33(26)25-15-6-9-19-29(25)35(30)27-17-7-4-13-23(27)24-14-5-8-18-28(24)35/h1-21H. The second-order valence-corrected chi connectivity index (χ2v) is 10.3. The molecular weight excluding hydrogens is 484 g/mol. The molecule has 0 amide bonds. The molecule has 0 N–H and O–H groups in total. The van der Waals surface area contributed by atoms with Crippen molar-refractivity contribution in [3.05, 3.63) is 155 Å². The van der Waals surface area contributed by atoms with E-state index in [-0.39, 0.29) is 5.41 Å². The van der Waals surface area contributed by atoms with E-state index < -0.39 is 0 Å². The van der Waals surface area contributed by atoms with Crippen molar-refractivity contribution < 1.29 is 0 Å². The van der Waals surface area contributed by atoms with Crippen molar-refractivity contribution >= 4 is 11.6 Å². The minimum atomic E-state index is -0.381. The number of halogens is 1. The molecule has 0 aliphatic heterocycles. The summed E-state index contributed by atoms with van der Waals surface area (Å²) in [6.07, 6.45) is 0. The van der Waals surface area contributed by atoms with Crippen LogP contribution >= 0.6 is 11.6 Å². The van der Waals surface area contributed by atoms with E-state index in [0.29, 0.717) is 11.0 Å². The van der Waals surface area contributed by atoms with E-state index in [0.717, 1.165) is 16.8 Å². The highest BCUT2D eigenvalue weighted by Gasteiger charge is 2.51. The van der Waals surface area contributed by atoms with Gasteiger partial charge >= 0.3 is 0 Å². The lowest BCUT2D eigenvalue weighted by Gasteiger charge is -2.30. The quantitative estimate of drug-likeness (QED) is 0.220. The van der Waals surface area contributed by atoms with Crippen LogP contribution in [0.5, 0.6) is 0 Å². The average molecular weight is 505 g/mol. The minimum absolute atomic E-state index is 0.381. The molecule has 0 bridgehead atoms. The van der Waals surface area contributed by atoms with Crippen molar-refractivity contribution in [2.45, 2.75) is 5.41 Å². The summed E-state index contributed by atoms with van der Waals surface area (Å²) in [6, 6.07) is 45.0. The third-order valence-electron chi connectivity index (χ3n) is 8.02. The first-order chi connectivity index (χ1) is 18.8. The summed E-state index contributed by atoms with van der Waals surface area (Å²) in [4.78, 5) is 9.58. The van der Waals surface area contributed by atoms with Gasteiger partial charge in [-0.25, -0.2) is 9.97 Å². The summed E-state index contributed by atoms with van der Waals surface area (Å²) in [5.41, 5.74) is 12.7. The number of rotatable bonds is 2. The Morgan fingerprint density at radius 1 is 0.474 bits per heavy atom. The van der Waals surface area contributed by atoms with E-state index in [1.54, 1.807) is 0 Å². The van der Waals surface area contributed by atoms with E-state index in [1.165, 1.54) is 44.5 Å². The largest absolute Gasteiger partial charge is 0.228 e. The summed E-state index contributed by atoms with van der Waals surface area (Å²) in [5.74, 6) is 0.628. The van der Waals surface area contributed by atoms with Crippen LogP contribution in [0.15, 0.2) is 127 Å². The van der Waals surface area contributed by atoms with Gasteiger partial charge in [-0.05, 0) is 44.5 Å². The van der Waals surface area contributed by atoms with Crippen LogP contribution in [-0.4, -0.2) is 9.97 Å². The Labute approximate surface area is 226 Å². The monoisotopic (exact) mass is 504 g/mol. The van der Waals surface area contributed by atoms with Gasteiger partial charge in [0.15, 0.2) is 5.82 Å². The van der Waals surface area contributed by atoms with Gasteiger partial charge in [0.05, 0.1) is 11.1 Å². The number of aromatic nitrogens is 2. The van der Waals surface area contributed by atoms with Crippen LogP contribution < -0.4 is 0 Å². The molecule has 6 aromatic rings. The van der Waals surface area contributed by atoms with Crippen molar-refractivity contribution in [3.8, 4) is 44.9 Å². The average Bonchev–Trinajstić information content (AvgIpc) is 3.45. The normalized spacial score (nSPS) is 13.6. The van der Waals surface area contributed by atoms with Gasteiger partial charge in [0, 0.05) is 17.2 Å². The van der Waals surface area contributed by atoms with E-state index in [9.17, 15) is 0 Å². The van der Waals surface area contributed by atoms with Crippen molar-refractivity contribution in [1.29, 1.82) is 0 Å². The van der Waals surface area contributed by atoms with Crippen molar-refractivity contribution in [3.63, 3.8) is 0 Å². The van der Waals surface area contributed by atoms with Gasteiger partial charge in [-0.2, -0.15) is 0 Å². The molecular formula is C35H21ClN2. The minimum Gasteiger partial charge on any atom is -0.228 e. The fraction of sp³-hybridized carbons (Fsp3) is 0.0286. The molecule has 2 aliphatic rings. The molecule has 38 heavy (non-hydrogen) atoms. The second kappa shape index (κ2) is 7.98. The summed E-state index contributed by atoms with van der Waals surface area (Å²) >= 11 is 6.60. The van der Waals surface area contributed by atoms with E-state index in [2.05, 4.69) is 96.0 Å². The van der Waals surface area contributed by atoms with Crippen LogP contribution in [0.4, 0.5) is 0 Å². The van der Waals surface area contributed by atoms with Gasteiger partial charge in [-0.15, -0.1) is 0 Å². The predicted octanol–water partition coefficient (Wildman–Crippen LogP) is 8.81. The van der Waals surface area contributed by atoms with Crippen LogP contribution in [0, 0.1) is 0 Å². The van der Waals surface area contributed by atoms with Crippen LogP contribution in [-0.2, 0) is 5.41 Å². The van der Waals surface area contributed by atoms with Crippen molar-refractivity contribution in [1.82, 2.24) is 9.97 Å². The molecule has 2 nitrogen and oxygen atoms in total. The summed E-state index contributed by atoms with van der Waals surface area (Å²) in [6.45, 7) is 0. The Morgan fingerprint density at radius 3 is 1.68 bits per heavy atom. The number of nitrogens with zero attached hydrogens (tertiary/aromatic N) is 2. The van der Waals surface area contributed by atoms with E-state index >= 15 is 0 Å². The number of benzene rings is 5. The van der Waals surface area contributed by atoms with E-state index in [4.69, 9.17) is 16.6 Å². The molecule has 1 spiro atoms. The molecule has 0 unspecified atom stereocenters. The number of fused-ring (bicyclic) bond motifs is 10. The van der Waals surface area contributed by atoms with Crippen LogP contribution in [0.2, 0.25) is 5.15 Å². The zero-order chi connectivity index (χ0) is 25.3. The molecule has 1 aromatic heterocycles. The zero-order valence-electron chi connectivity index (χ0n) is 20.4. The lowest BCUT2D eigenvalue weighted by Crippen LogP contribution is -2.25. The second-order valence-electron chi connectivity index (χ2n) is 9.88. The molecule has 3 heteroatoms. The molecule has 8 rings (SSSR count). The lowest BCUT2D eigenvalue weighted by molar-refractivity contribution is 0.794. The SMILES string of the molecule is Clc1cc(-c2cccc3c2-c2ccccc2C32c3ccccc3-c3ccccc32)nc(-c2ccccc2)n1. The van der Waals surface area contributed by atoms with Crippen LogP contribution in [0.3, 0.4) is 0 Å². The first-order valence-corrected chi connectivity index (χ1v) is 13.2. The van der Waals surface area contributed by atoms with Gasteiger partial charge in [0.1, 0.15) is 5.15 Å². The third kappa shape index (κ3) is 2.78. The van der Waals surface area contributed by atoms with Gasteiger partial charge in [0.25, 0.3) is 0 Å². The molecule has 0 atom stereocenters. The highest BCUT2D eigenvalue weighted by atomic mass is 35.5. The fourth-order valence-electron chi connectivity index (χ4n) is 6.63. The number of hydrogen-bond donors (Lipinski definition) is 0. The third-order valence-corrected chi connectivity index (χ3v) is 8.22. The maximum absolute atomic E-state index is 6.60. The lowest BCUT2D eigenvalue weighted by atomic mass is 9.70. The van der Waals surface area contributed by atoms with E-state index in [1.807, 2.05) is 36.4 Å². The highest BCUT2D eigenvalue weighted by Crippen LogP contribution is 2.63. The summed E-state index contributed by atoms with van der Waals surface area (Å²) in [5, 5.41) is 0.434. The smallest absolute Gasteiger partial charge is 0.161 e. The zero-order valence-corrected chi connectivity index (χ0v) is 21.2. The molecule has 0 radical (unpaired) electrons. The molecule has 2 aliphatic carbocycles. The van der Waals surface area contributed by atoms with Crippen LogP contribution in [0.25, 0.3) is 44.9 Å². The van der Waals surface area contributed by atoms with Crippen LogP contribution in [0.1, 0.15) is 22.3 Å². The molecule has 1 heterocycles. The Morgan fingerprint density at radius 2 is 1.00 bits per heavy atom. The predicted molar refractivity (Wildman–Crippen MR) is 154 cm³/mol. The van der Waals surface area contributed by atoms with Crippen molar-refractivity contribution in [2.24, 2.45) is 0 Å². The Hall–Kier alpha value is -4.53. The Kier molecular flexibility index (Phi) is 4.53. The van der Waals surface area contributed by atoms with Gasteiger partial charge in [0.2, 0.25) is 0 Å². The maximum Gasteiger partial charge on any atom is 0.161 e. The number of hydrogen-bond acceptors (Lipinski definition) is 2.